The van der Waals surface area contributed by atoms with E-state index in [1.54, 1.807) is 6.92 Å². The number of aromatic nitrogens is 2. The fraction of sp³-hybridized carbons (Fsp3) is 0.385. The molecule has 0 bridgehead atoms. The summed E-state index contributed by atoms with van der Waals surface area (Å²) in [6.07, 6.45) is 1.25. The highest BCUT2D eigenvalue weighted by Gasteiger charge is 2.18. The lowest BCUT2D eigenvalue weighted by molar-refractivity contribution is -0.385. The van der Waals surface area contributed by atoms with Crippen LogP contribution in [-0.4, -0.2) is 15.1 Å². The first kappa shape index (κ1) is 14.0. The second kappa shape index (κ2) is 5.28. The zero-order valence-electron chi connectivity index (χ0n) is 11.8. The molecule has 2 heterocycles. The summed E-state index contributed by atoms with van der Waals surface area (Å²) in [5.74, 6) is 1.37. The summed E-state index contributed by atoms with van der Waals surface area (Å²) in [7, 11) is 0. The summed E-state index contributed by atoms with van der Waals surface area (Å²) in [5.41, 5.74) is 2.50. The second-order valence-corrected chi connectivity index (χ2v) is 4.72. The normalized spacial score (nSPS) is 12.2. The number of nitrogens with zero attached hydrogens (tertiary/aromatic N) is 3. The molecule has 7 heteroatoms. The van der Waals surface area contributed by atoms with E-state index in [1.165, 1.54) is 12.3 Å². The minimum absolute atomic E-state index is 0.0157. The van der Waals surface area contributed by atoms with Gasteiger partial charge in [0.1, 0.15) is 17.8 Å². The molecule has 106 valence electrons. The first-order valence-corrected chi connectivity index (χ1v) is 6.20. The zero-order valence-corrected chi connectivity index (χ0v) is 11.8. The van der Waals surface area contributed by atoms with Crippen LogP contribution >= 0.6 is 0 Å². The van der Waals surface area contributed by atoms with Gasteiger partial charge in [0.2, 0.25) is 0 Å². The molecular formula is C13H16N4O3. The molecule has 1 atom stereocenters. The molecule has 0 aromatic carbocycles. The van der Waals surface area contributed by atoms with Crippen molar-refractivity contribution in [1.29, 1.82) is 0 Å². The van der Waals surface area contributed by atoms with E-state index < -0.39 is 4.92 Å². The van der Waals surface area contributed by atoms with E-state index in [0.717, 1.165) is 22.6 Å². The van der Waals surface area contributed by atoms with E-state index in [4.69, 9.17) is 4.52 Å². The lowest BCUT2D eigenvalue weighted by Gasteiger charge is -2.15. The molecule has 2 aromatic rings. The van der Waals surface area contributed by atoms with Crippen LogP contribution in [0.2, 0.25) is 0 Å². The standard InChI is InChI=1S/C13H16N4O3/c1-7-5-11(17(18)19)6-14-13(7)15-8(2)12-9(3)16-20-10(12)4/h5-6,8H,1-4H3,(H,14,15). The van der Waals surface area contributed by atoms with Crippen LogP contribution < -0.4 is 5.32 Å². The molecule has 1 N–H and O–H groups in total. The summed E-state index contributed by atoms with van der Waals surface area (Å²) in [4.78, 5) is 14.3. The monoisotopic (exact) mass is 276 g/mol. The number of hydrogen-bond donors (Lipinski definition) is 1. The summed E-state index contributed by atoms with van der Waals surface area (Å²) in [5, 5.41) is 17.8. The van der Waals surface area contributed by atoms with Gasteiger partial charge in [-0.3, -0.25) is 10.1 Å². The molecule has 0 aliphatic carbocycles. The van der Waals surface area contributed by atoms with Crippen molar-refractivity contribution in [1.82, 2.24) is 10.1 Å². The Bertz CT molecular complexity index is 632. The van der Waals surface area contributed by atoms with Crippen molar-refractivity contribution in [3.05, 3.63) is 45.0 Å². The molecular weight excluding hydrogens is 260 g/mol. The Balaban J connectivity index is 2.24. The molecule has 0 fully saturated rings. The summed E-state index contributed by atoms with van der Waals surface area (Å²) in [6, 6.07) is 1.45. The Morgan fingerprint density at radius 1 is 1.40 bits per heavy atom. The Kier molecular flexibility index (Phi) is 3.69. The largest absolute Gasteiger partial charge is 0.363 e. The molecule has 1 unspecified atom stereocenters. The average Bonchev–Trinajstić information content (AvgIpc) is 2.71. The highest BCUT2D eigenvalue weighted by atomic mass is 16.6. The van der Waals surface area contributed by atoms with Crippen LogP contribution in [0.4, 0.5) is 11.5 Å². The first-order valence-electron chi connectivity index (χ1n) is 6.20. The van der Waals surface area contributed by atoms with Gasteiger partial charge in [-0.25, -0.2) is 4.98 Å². The molecule has 0 saturated carbocycles. The van der Waals surface area contributed by atoms with Gasteiger partial charge < -0.3 is 9.84 Å². The number of nitrogens with one attached hydrogen (secondary N) is 1. The third kappa shape index (κ3) is 2.61. The van der Waals surface area contributed by atoms with E-state index in [-0.39, 0.29) is 11.7 Å². The topological polar surface area (TPSA) is 94.1 Å². The first-order chi connectivity index (χ1) is 9.40. The average molecular weight is 276 g/mol. The summed E-state index contributed by atoms with van der Waals surface area (Å²) >= 11 is 0. The number of anilines is 1. The van der Waals surface area contributed by atoms with Crippen molar-refractivity contribution in [2.45, 2.75) is 33.7 Å². The van der Waals surface area contributed by atoms with Crippen molar-refractivity contribution < 1.29 is 9.45 Å². The van der Waals surface area contributed by atoms with Crippen LogP contribution in [0, 0.1) is 30.9 Å². The fourth-order valence-electron chi connectivity index (χ4n) is 2.20. The van der Waals surface area contributed by atoms with Gasteiger partial charge >= 0.3 is 0 Å². The number of pyridine rings is 1. The molecule has 0 aliphatic heterocycles. The van der Waals surface area contributed by atoms with Crippen LogP contribution in [-0.2, 0) is 0 Å². The molecule has 2 rings (SSSR count). The lowest BCUT2D eigenvalue weighted by atomic mass is 10.1. The van der Waals surface area contributed by atoms with Crippen LogP contribution in [0.1, 0.15) is 35.5 Å². The summed E-state index contributed by atoms with van der Waals surface area (Å²) < 4.78 is 5.14. The highest BCUT2D eigenvalue weighted by molar-refractivity contribution is 5.50. The maximum absolute atomic E-state index is 10.7. The van der Waals surface area contributed by atoms with E-state index in [9.17, 15) is 10.1 Å². The van der Waals surface area contributed by atoms with Gasteiger partial charge in [-0.05, 0) is 33.3 Å². The lowest BCUT2D eigenvalue weighted by Crippen LogP contribution is -2.10. The molecule has 0 amide bonds. The van der Waals surface area contributed by atoms with Crippen molar-refractivity contribution in [2.24, 2.45) is 0 Å². The van der Waals surface area contributed by atoms with Gasteiger partial charge in [-0.15, -0.1) is 0 Å². The number of nitro groups is 1. The van der Waals surface area contributed by atoms with Crippen LogP contribution in [0.25, 0.3) is 0 Å². The predicted octanol–water partition coefficient (Wildman–Crippen LogP) is 3.08. The maximum Gasteiger partial charge on any atom is 0.287 e. The Hall–Kier alpha value is -2.44. The SMILES string of the molecule is Cc1cc([N+](=O)[O-])cnc1NC(C)c1c(C)noc1C. The second-order valence-electron chi connectivity index (χ2n) is 4.72. The van der Waals surface area contributed by atoms with E-state index >= 15 is 0 Å². The molecule has 0 saturated heterocycles. The van der Waals surface area contributed by atoms with E-state index in [1.807, 2.05) is 20.8 Å². The number of aryl methyl sites for hydroxylation is 3. The minimum atomic E-state index is -0.457. The Labute approximate surface area is 116 Å². The molecule has 20 heavy (non-hydrogen) atoms. The van der Waals surface area contributed by atoms with Crippen LogP contribution in [0.5, 0.6) is 0 Å². The third-order valence-corrected chi connectivity index (χ3v) is 3.15. The third-order valence-electron chi connectivity index (χ3n) is 3.15. The number of hydrogen-bond acceptors (Lipinski definition) is 6. The number of rotatable bonds is 4. The van der Waals surface area contributed by atoms with Crippen LogP contribution in [0.3, 0.4) is 0 Å². The Morgan fingerprint density at radius 2 is 2.10 bits per heavy atom. The minimum Gasteiger partial charge on any atom is -0.363 e. The van der Waals surface area contributed by atoms with Gasteiger partial charge in [0.25, 0.3) is 5.69 Å². The van der Waals surface area contributed by atoms with Crippen molar-refractivity contribution in [2.75, 3.05) is 5.32 Å². The molecule has 0 aliphatic rings. The molecule has 7 nitrogen and oxygen atoms in total. The quantitative estimate of drug-likeness (QED) is 0.681. The molecule has 2 aromatic heterocycles. The molecule has 0 radical (unpaired) electrons. The van der Waals surface area contributed by atoms with Crippen molar-refractivity contribution in [3.8, 4) is 0 Å². The van der Waals surface area contributed by atoms with E-state index in [2.05, 4.69) is 15.5 Å². The maximum atomic E-state index is 10.7. The van der Waals surface area contributed by atoms with Crippen molar-refractivity contribution >= 4 is 11.5 Å². The van der Waals surface area contributed by atoms with Crippen LogP contribution in [0.15, 0.2) is 16.8 Å². The van der Waals surface area contributed by atoms with Gasteiger partial charge in [0.15, 0.2) is 0 Å². The van der Waals surface area contributed by atoms with Crippen molar-refractivity contribution in [3.63, 3.8) is 0 Å². The van der Waals surface area contributed by atoms with E-state index in [0.29, 0.717) is 5.82 Å². The van der Waals surface area contributed by atoms with Gasteiger partial charge in [-0.2, -0.15) is 0 Å². The zero-order chi connectivity index (χ0) is 14.9. The summed E-state index contributed by atoms with van der Waals surface area (Å²) in [6.45, 7) is 7.47. The highest BCUT2D eigenvalue weighted by Crippen LogP contribution is 2.26. The smallest absolute Gasteiger partial charge is 0.287 e. The van der Waals surface area contributed by atoms with Gasteiger partial charge in [-0.1, -0.05) is 5.16 Å². The predicted molar refractivity (Wildman–Crippen MR) is 73.6 cm³/mol. The molecule has 0 spiro atoms. The van der Waals surface area contributed by atoms with Gasteiger partial charge in [0, 0.05) is 11.6 Å². The fourth-order valence-corrected chi connectivity index (χ4v) is 2.20. The van der Waals surface area contributed by atoms with Gasteiger partial charge in [0.05, 0.1) is 16.7 Å². The Morgan fingerprint density at radius 3 is 2.60 bits per heavy atom.